The molecule has 112 valence electrons. The number of hydrogen-bond donors (Lipinski definition) is 1. The summed E-state index contributed by atoms with van der Waals surface area (Å²) < 4.78 is 15.4. The van der Waals surface area contributed by atoms with Crippen molar-refractivity contribution in [3.63, 3.8) is 0 Å². The first-order valence-corrected chi connectivity index (χ1v) is 6.56. The zero-order chi connectivity index (χ0) is 14.5. The molecule has 0 spiro atoms. The average molecular weight is 275 g/mol. The van der Waals surface area contributed by atoms with Crippen LogP contribution in [0.3, 0.4) is 0 Å². The van der Waals surface area contributed by atoms with Gasteiger partial charge in [0.15, 0.2) is 0 Å². The summed E-state index contributed by atoms with van der Waals surface area (Å²) in [7, 11) is 1.55. The minimum absolute atomic E-state index is 0.101. The number of carbonyl (C=O) groups is 1. The van der Waals surface area contributed by atoms with Gasteiger partial charge in [-0.3, -0.25) is 0 Å². The summed E-state index contributed by atoms with van der Waals surface area (Å²) >= 11 is 0. The Labute approximate surface area is 114 Å². The van der Waals surface area contributed by atoms with E-state index in [1.165, 1.54) is 0 Å². The molecule has 1 fully saturated rings. The SMILES string of the molecule is COCOCC1CN(C(=O)OC(C)(C)C)CCC1O. The quantitative estimate of drug-likeness (QED) is 0.617. The van der Waals surface area contributed by atoms with Gasteiger partial charge in [0.25, 0.3) is 0 Å². The van der Waals surface area contributed by atoms with Gasteiger partial charge in [0, 0.05) is 26.1 Å². The van der Waals surface area contributed by atoms with Crippen LogP contribution in [0.1, 0.15) is 27.2 Å². The van der Waals surface area contributed by atoms with Gasteiger partial charge < -0.3 is 24.2 Å². The minimum atomic E-state index is -0.505. The Bertz CT molecular complexity index is 289. The van der Waals surface area contributed by atoms with Crippen LogP contribution in [0.2, 0.25) is 0 Å². The molecule has 6 heteroatoms. The number of nitrogens with zero attached hydrogens (tertiary/aromatic N) is 1. The van der Waals surface area contributed by atoms with Crippen LogP contribution >= 0.6 is 0 Å². The maximum absolute atomic E-state index is 12.0. The third-order valence-corrected chi connectivity index (χ3v) is 2.88. The highest BCUT2D eigenvalue weighted by Gasteiger charge is 2.32. The first-order valence-electron chi connectivity index (χ1n) is 6.56. The molecule has 0 radical (unpaired) electrons. The Morgan fingerprint density at radius 1 is 1.42 bits per heavy atom. The summed E-state index contributed by atoms with van der Waals surface area (Å²) in [6.07, 6.45) is -0.244. The summed E-state index contributed by atoms with van der Waals surface area (Å²) in [5.41, 5.74) is -0.505. The molecule has 0 bridgehead atoms. The van der Waals surface area contributed by atoms with Crippen LogP contribution in [0.15, 0.2) is 0 Å². The number of hydrogen-bond acceptors (Lipinski definition) is 5. The highest BCUT2D eigenvalue weighted by Crippen LogP contribution is 2.20. The van der Waals surface area contributed by atoms with E-state index < -0.39 is 11.7 Å². The average Bonchev–Trinajstić information content (AvgIpc) is 2.29. The molecular formula is C13H25NO5. The van der Waals surface area contributed by atoms with E-state index in [0.29, 0.717) is 26.1 Å². The van der Waals surface area contributed by atoms with Crippen molar-refractivity contribution in [2.75, 3.05) is 33.6 Å². The first kappa shape index (κ1) is 16.2. The van der Waals surface area contributed by atoms with E-state index in [9.17, 15) is 9.90 Å². The molecule has 1 N–H and O–H groups in total. The van der Waals surface area contributed by atoms with Crippen LogP contribution in [0.5, 0.6) is 0 Å². The smallest absolute Gasteiger partial charge is 0.410 e. The van der Waals surface area contributed by atoms with E-state index in [4.69, 9.17) is 14.2 Å². The lowest BCUT2D eigenvalue weighted by Crippen LogP contribution is -2.49. The van der Waals surface area contributed by atoms with E-state index in [1.807, 2.05) is 20.8 Å². The number of aliphatic hydroxyl groups is 1. The molecule has 1 saturated heterocycles. The largest absolute Gasteiger partial charge is 0.444 e. The molecule has 0 aromatic heterocycles. The Morgan fingerprint density at radius 3 is 2.68 bits per heavy atom. The minimum Gasteiger partial charge on any atom is -0.444 e. The molecular weight excluding hydrogens is 250 g/mol. The molecule has 0 aliphatic carbocycles. The zero-order valence-corrected chi connectivity index (χ0v) is 12.2. The molecule has 0 aromatic rings. The number of piperidine rings is 1. The summed E-state index contributed by atoms with van der Waals surface area (Å²) in [6.45, 7) is 7.02. The molecule has 0 aromatic carbocycles. The molecule has 2 atom stereocenters. The predicted molar refractivity (Wildman–Crippen MR) is 69.7 cm³/mol. The normalized spacial score (nSPS) is 24.4. The molecule has 6 nitrogen and oxygen atoms in total. The summed E-state index contributed by atoms with van der Waals surface area (Å²) in [6, 6.07) is 0. The lowest BCUT2D eigenvalue weighted by Gasteiger charge is -2.36. The highest BCUT2D eigenvalue weighted by atomic mass is 16.7. The number of aliphatic hydroxyl groups excluding tert-OH is 1. The van der Waals surface area contributed by atoms with Crippen LogP contribution in [0.4, 0.5) is 4.79 Å². The molecule has 19 heavy (non-hydrogen) atoms. The fraction of sp³-hybridized carbons (Fsp3) is 0.923. The number of rotatable bonds is 4. The number of likely N-dealkylation sites (tertiary alicyclic amines) is 1. The lowest BCUT2D eigenvalue weighted by molar-refractivity contribution is -0.0776. The number of carbonyl (C=O) groups excluding carboxylic acids is 1. The van der Waals surface area contributed by atoms with Crippen molar-refractivity contribution in [1.82, 2.24) is 4.90 Å². The third kappa shape index (κ3) is 5.76. The van der Waals surface area contributed by atoms with Gasteiger partial charge in [-0.05, 0) is 27.2 Å². The van der Waals surface area contributed by atoms with E-state index >= 15 is 0 Å². The van der Waals surface area contributed by atoms with Crippen LogP contribution < -0.4 is 0 Å². The van der Waals surface area contributed by atoms with Gasteiger partial charge in [0.05, 0.1) is 12.7 Å². The van der Waals surface area contributed by atoms with Crippen molar-refractivity contribution in [1.29, 1.82) is 0 Å². The third-order valence-electron chi connectivity index (χ3n) is 2.88. The van der Waals surface area contributed by atoms with Gasteiger partial charge in [0.1, 0.15) is 12.4 Å². The Kier molecular flexibility index (Phi) is 6.03. The highest BCUT2D eigenvalue weighted by molar-refractivity contribution is 5.68. The van der Waals surface area contributed by atoms with Gasteiger partial charge in [-0.2, -0.15) is 0 Å². The Hall–Kier alpha value is -0.850. The number of amides is 1. The monoisotopic (exact) mass is 275 g/mol. The summed E-state index contributed by atoms with van der Waals surface area (Å²) in [4.78, 5) is 13.6. The van der Waals surface area contributed by atoms with Crippen molar-refractivity contribution in [3.8, 4) is 0 Å². The second-order valence-electron chi connectivity index (χ2n) is 5.82. The van der Waals surface area contributed by atoms with Crippen molar-refractivity contribution in [2.45, 2.75) is 38.9 Å². The molecule has 0 saturated carbocycles. The molecule has 1 aliphatic rings. The topological polar surface area (TPSA) is 68.2 Å². The van der Waals surface area contributed by atoms with Crippen LogP contribution in [-0.2, 0) is 14.2 Å². The van der Waals surface area contributed by atoms with Gasteiger partial charge in [-0.25, -0.2) is 4.79 Å². The van der Waals surface area contributed by atoms with Crippen molar-refractivity contribution in [2.24, 2.45) is 5.92 Å². The maximum Gasteiger partial charge on any atom is 0.410 e. The molecule has 1 rings (SSSR count). The van der Waals surface area contributed by atoms with Gasteiger partial charge in [-0.1, -0.05) is 0 Å². The van der Waals surface area contributed by atoms with Gasteiger partial charge in [-0.15, -0.1) is 0 Å². The standard InChI is InChI=1S/C13H25NO5/c1-13(2,3)19-12(16)14-6-5-11(15)10(7-14)8-18-9-17-4/h10-11,15H,5-9H2,1-4H3. The molecule has 1 heterocycles. The molecule has 2 unspecified atom stereocenters. The fourth-order valence-electron chi connectivity index (χ4n) is 1.96. The zero-order valence-electron chi connectivity index (χ0n) is 12.2. The van der Waals surface area contributed by atoms with Crippen LogP contribution in [0, 0.1) is 5.92 Å². The fourth-order valence-corrected chi connectivity index (χ4v) is 1.96. The van der Waals surface area contributed by atoms with Crippen molar-refractivity contribution >= 4 is 6.09 Å². The van der Waals surface area contributed by atoms with E-state index in [0.717, 1.165) is 0 Å². The predicted octanol–water partition coefficient (Wildman–Crippen LogP) is 1.22. The van der Waals surface area contributed by atoms with Crippen LogP contribution in [-0.4, -0.2) is 61.4 Å². The van der Waals surface area contributed by atoms with Crippen LogP contribution in [0.25, 0.3) is 0 Å². The summed E-state index contributed by atoms with van der Waals surface area (Å²) in [5, 5.41) is 9.90. The second kappa shape index (κ2) is 7.07. The van der Waals surface area contributed by atoms with Crippen molar-refractivity contribution < 1.29 is 24.1 Å². The lowest BCUT2D eigenvalue weighted by atomic mass is 9.96. The Balaban J connectivity index is 2.46. The van der Waals surface area contributed by atoms with Gasteiger partial charge in [0.2, 0.25) is 0 Å². The number of methoxy groups -OCH3 is 1. The van der Waals surface area contributed by atoms with Gasteiger partial charge >= 0.3 is 6.09 Å². The summed E-state index contributed by atoms with van der Waals surface area (Å²) in [5.74, 6) is -0.101. The maximum atomic E-state index is 12.0. The van der Waals surface area contributed by atoms with E-state index in [1.54, 1.807) is 12.0 Å². The van der Waals surface area contributed by atoms with E-state index in [2.05, 4.69) is 0 Å². The van der Waals surface area contributed by atoms with E-state index in [-0.39, 0.29) is 18.8 Å². The number of ether oxygens (including phenoxy) is 3. The first-order chi connectivity index (χ1) is 8.83. The molecule has 1 aliphatic heterocycles. The molecule has 1 amide bonds. The second-order valence-corrected chi connectivity index (χ2v) is 5.82. The Morgan fingerprint density at radius 2 is 2.11 bits per heavy atom. The van der Waals surface area contributed by atoms with Crippen molar-refractivity contribution in [3.05, 3.63) is 0 Å².